The van der Waals surface area contributed by atoms with Crippen molar-refractivity contribution in [3.8, 4) is 0 Å². The van der Waals surface area contributed by atoms with E-state index in [0.29, 0.717) is 5.69 Å². The normalized spacial score (nSPS) is 10.1. The SMILES string of the molecule is O=C(CNc1ccccc1[N+](=O)[O-])NCc1ccccc1CO. The summed E-state index contributed by atoms with van der Waals surface area (Å²) < 4.78 is 0. The molecule has 120 valence electrons. The van der Waals surface area contributed by atoms with Gasteiger partial charge in [-0.3, -0.25) is 14.9 Å². The average molecular weight is 315 g/mol. The van der Waals surface area contributed by atoms with Crippen molar-refractivity contribution in [3.63, 3.8) is 0 Å². The molecule has 0 fully saturated rings. The van der Waals surface area contributed by atoms with Gasteiger partial charge in [0.25, 0.3) is 5.69 Å². The minimum Gasteiger partial charge on any atom is -0.392 e. The van der Waals surface area contributed by atoms with Crippen LogP contribution in [-0.2, 0) is 17.9 Å². The topological polar surface area (TPSA) is 104 Å². The molecule has 0 heterocycles. The summed E-state index contributed by atoms with van der Waals surface area (Å²) in [5.41, 5.74) is 1.79. The number of benzene rings is 2. The summed E-state index contributed by atoms with van der Waals surface area (Å²) in [6, 6.07) is 13.4. The molecular weight excluding hydrogens is 298 g/mol. The van der Waals surface area contributed by atoms with Crippen LogP contribution < -0.4 is 10.6 Å². The molecule has 0 bridgehead atoms. The maximum Gasteiger partial charge on any atom is 0.292 e. The van der Waals surface area contributed by atoms with Crippen molar-refractivity contribution in [1.29, 1.82) is 0 Å². The molecule has 0 aliphatic rings. The van der Waals surface area contributed by atoms with E-state index in [9.17, 15) is 20.0 Å². The van der Waals surface area contributed by atoms with Crippen LogP contribution in [-0.4, -0.2) is 22.5 Å². The third kappa shape index (κ3) is 4.52. The zero-order chi connectivity index (χ0) is 16.7. The minimum absolute atomic E-state index is 0.0772. The number of anilines is 1. The van der Waals surface area contributed by atoms with Crippen LogP contribution in [0.5, 0.6) is 0 Å². The predicted molar refractivity (Wildman–Crippen MR) is 85.8 cm³/mol. The number of carbonyl (C=O) groups excluding carboxylic acids is 1. The number of rotatable bonds is 7. The van der Waals surface area contributed by atoms with Crippen LogP contribution in [0, 0.1) is 10.1 Å². The third-order valence-electron chi connectivity index (χ3n) is 3.30. The first-order valence-corrected chi connectivity index (χ1v) is 7.03. The molecule has 2 aromatic carbocycles. The number of nitrogens with zero attached hydrogens (tertiary/aromatic N) is 1. The number of nitro groups is 1. The molecule has 3 N–H and O–H groups in total. The van der Waals surface area contributed by atoms with Crippen molar-refractivity contribution in [1.82, 2.24) is 5.32 Å². The van der Waals surface area contributed by atoms with Gasteiger partial charge < -0.3 is 15.7 Å². The van der Waals surface area contributed by atoms with E-state index in [1.165, 1.54) is 6.07 Å². The Bertz CT molecular complexity index is 703. The summed E-state index contributed by atoms with van der Waals surface area (Å²) in [5.74, 6) is -0.295. The Morgan fingerprint density at radius 3 is 2.43 bits per heavy atom. The number of hydrogen-bond acceptors (Lipinski definition) is 5. The molecule has 0 atom stereocenters. The molecule has 0 unspecified atom stereocenters. The maximum atomic E-state index is 11.9. The molecule has 2 aromatic rings. The lowest BCUT2D eigenvalue weighted by Crippen LogP contribution is -2.29. The van der Waals surface area contributed by atoms with Crippen LogP contribution in [0.4, 0.5) is 11.4 Å². The van der Waals surface area contributed by atoms with Gasteiger partial charge in [-0.05, 0) is 17.2 Å². The number of nitrogens with one attached hydrogen (secondary N) is 2. The molecule has 7 nitrogen and oxygen atoms in total. The zero-order valence-electron chi connectivity index (χ0n) is 12.4. The van der Waals surface area contributed by atoms with Gasteiger partial charge >= 0.3 is 0 Å². The van der Waals surface area contributed by atoms with Crippen molar-refractivity contribution < 1.29 is 14.8 Å². The van der Waals surface area contributed by atoms with Gasteiger partial charge in [-0.25, -0.2) is 0 Å². The standard InChI is InChI=1S/C16H17N3O4/c20-11-13-6-2-1-5-12(13)9-18-16(21)10-17-14-7-3-4-8-15(14)19(22)23/h1-8,17,20H,9-11H2,(H,18,21). The Morgan fingerprint density at radius 1 is 1.09 bits per heavy atom. The molecular formula is C16H17N3O4. The Hall–Kier alpha value is -2.93. The summed E-state index contributed by atoms with van der Waals surface area (Å²) in [6.45, 7) is 0.112. The second-order valence-corrected chi connectivity index (χ2v) is 4.83. The van der Waals surface area contributed by atoms with Crippen molar-refractivity contribution in [2.75, 3.05) is 11.9 Å². The summed E-state index contributed by atoms with van der Waals surface area (Å²) in [5, 5.41) is 25.6. The van der Waals surface area contributed by atoms with Crippen LogP contribution in [0.1, 0.15) is 11.1 Å². The van der Waals surface area contributed by atoms with E-state index in [2.05, 4.69) is 10.6 Å². The van der Waals surface area contributed by atoms with E-state index in [4.69, 9.17) is 0 Å². The van der Waals surface area contributed by atoms with Gasteiger partial charge in [0.1, 0.15) is 5.69 Å². The highest BCUT2D eigenvalue weighted by atomic mass is 16.6. The summed E-state index contributed by atoms with van der Waals surface area (Å²) >= 11 is 0. The van der Waals surface area contributed by atoms with Gasteiger partial charge in [0, 0.05) is 12.6 Å². The van der Waals surface area contributed by atoms with Crippen molar-refractivity contribution in [3.05, 3.63) is 69.8 Å². The van der Waals surface area contributed by atoms with E-state index in [1.807, 2.05) is 18.2 Å². The predicted octanol–water partition coefficient (Wildman–Crippen LogP) is 1.82. The summed E-state index contributed by atoms with van der Waals surface area (Å²) in [4.78, 5) is 22.3. The number of carbonyl (C=O) groups is 1. The fraction of sp³-hybridized carbons (Fsp3) is 0.188. The molecule has 0 aromatic heterocycles. The molecule has 0 saturated carbocycles. The van der Waals surface area contributed by atoms with Crippen molar-refractivity contribution in [2.24, 2.45) is 0 Å². The van der Waals surface area contributed by atoms with Crippen LogP contribution in [0.25, 0.3) is 0 Å². The molecule has 0 saturated heterocycles. The number of para-hydroxylation sites is 2. The number of aliphatic hydroxyl groups is 1. The monoisotopic (exact) mass is 315 g/mol. The molecule has 0 spiro atoms. The Kier molecular flexibility index (Phi) is 5.65. The van der Waals surface area contributed by atoms with Gasteiger partial charge in [-0.2, -0.15) is 0 Å². The minimum atomic E-state index is -0.502. The van der Waals surface area contributed by atoms with E-state index >= 15 is 0 Å². The average Bonchev–Trinajstić information content (AvgIpc) is 2.58. The molecule has 0 aliphatic carbocycles. The Balaban J connectivity index is 1.90. The van der Waals surface area contributed by atoms with E-state index < -0.39 is 4.92 Å². The highest BCUT2D eigenvalue weighted by molar-refractivity contribution is 5.81. The van der Waals surface area contributed by atoms with Gasteiger partial charge in [0.2, 0.25) is 5.91 Å². The first kappa shape index (κ1) is 16.4. The van der Waals surface area contributed by atoms with Gasteiger partial charge in [0.15, 0.2) is 0 Å². The highest BCUT2D eigenvalue weighted by Crippen LogP contribution is 2.22. The lowest BCUT2D eigenvalue weighted by molar-refractivity contribution is -0.383. The lowest BCUT2D eigenvalue weighted by atomic mass is 10.1. The van der Waals surface area contributed by atoms with Crippen LogP contribution >= 0.6 is 0 Å². The maximum absolute atomic E-state index is 11.9. The Labute approximate surface area is 133 Å². The van der Waals surface area contributed by atoms with Crippen LogP contribution in [0.15, 0.2) is 48.5 Å². The van der Waals surface area contributed by atoms with Crippen LogP contribution in [0.3, 0.4) is 0 Å². The van der Waals surface area contributed by atoms with E-state index in [-0.39, 0.29) is 31.3 Å². The number of hydrogen-bond donors (Lipinski definition) is 3. The van der Waals surface area contributed by atoms with Crippen molar-refractivity contribution in [2.45, 2.75) is 13.2 Å². The van der Waals surface area contributed by atoms with Gasteiger partial charge in [-0.15, -0.1) is 0 Å². The smallest absolute Gasteiger partial charge is 0.292 e. The molecule has 0 radical (unpaired) electrons. The number of amides is 1. The highest BCUT2D eigenvalue weighted by Gasteiger charge is 2.13. The third-order valence-corrected chi connectivity index (χ3v) is 3.30. The molecule has 0 aliphatic heterocycles. The first-order valence-electron chi connectivity index (χ1n) is 7.03. The molecule has 23 heavy (non-hydrogen) atoms. The lowest BCUT2D eigenvalue weighted by Gasteiger charge is -2.10. The van der Waals surface area contributed by atoms with E-state index in [0.717, 1.165) is 11.1 Å². The van der Waals surface area contributed by atoms with E-state index in [1.54, 1.807) is 24.3 Å². The number of aliphatic hydroxyl groups excluding tert-OH is 1. The summed E-state index contributed by atoms with van der Waals surface area (Å²) in [6.07, 6.45) is 0. The second kappa shape index (κ2) is 7.90. The quantitative estimate of drug-likeness (QED) is 0.534. The fourth-order valence-electron chi connectivity index (χ4n) is 2.10. The largest absolute Gasteiger partial charge is 0.392 e. The molecule has 1 amide bonds. The van der Waals surface area contributed by atoms with Gasteiger partial charge in [-0.1, -0.05) is 36.4 Å². The van der Waals surface area contributed by atoms with Gasteiger partial charge in [0.05, 0.1) is 18.1 Å². The fourth-order valence-corrected chi connectivity index (χ4v) is 2.10. The molecule has 2 rings (SSSR count). The Morgan fingerprint density at radius 2 is 1.74 bits per heavy atom. The van der Waals surface area contributed by atoms with Crippen molar-refractivity contribution >= 4 is 17.3 Å². The summed E-state index contributed by atoms with van der Waals surface area (Å²) in [7, 11) is 0. The zero-order valence-corrected chi connectivity index (χ0v) is 12.4. The second-order valence-electron chi connectivity index (χ2n) is 4.83. The van der Waals surface area contributed by atoms with Crippen LogP contribution in [0.2, 0.25) is 0 Å². The number of nitro benzene ring substituents is 1. The molecule has 7 heteroatoms. The first-order chi connectivity index (χ1) is 11.1.